The third kappa shape index (κ3) is 4.85. The highest BCUT2D eigenvalue weighted by molar-refractivity contribution is 5.91. The minimum absolute atomic E-state index is 0.0371. The number of aliphatic hydroxyl groups excluding tert-OH is 1. The number of pyridine rings is 3. The maximum absolute atomic E-state index is 9.99. The van der Waals surface area contributed by atoms with E-state index in [1.807, 2.05) is 31.5 Å². The summed E-state index contributed by atoms with van der Waals surface area (Å²) in [7, 11) is 0. The number of nitrogens with zero attached hydrogens (tertiary/aromatic N) is 5. The molecule has 8 heteroatoms. The second-order valence-corrected chi connectivity index (χ2v) is 8.77. The van der Waals surface area contributed by atoms with E-state index in [4.69, 9.17) is 10.7 Å². The first kappa shape index (κ1) is 22.1. The molecule has 0 radical (unpaired) electrons. The van der Waals surface area contributed by atoms with Gasteiger partial charge in [-0.1, -0.05) is 25.8 Å². The molecule has 0 amide bonds. The Morgan fingerprint density at radius 2 is 1.91 bits per heavy atom. The number of hydrogen-bond donors (Lipinski definition) is 3. The molecule has 0 aromatic carbocycles. The summed E-state index contributed by atoms with van der Waals surface area (Å²) in [6.45, 7) is 7.79. The number of aliphatic hydroxyl groups is 1. The van der Waals surface area contributed by atoms with E-state index in [1.165, 1.54) is 0 Å². The van der Waals surface area contributed by atoms with Crippen molar-refractivity contribution in [3.05, 3.63) is 42.7 Å². The first-order chi connectivity index (χ1) is 15.5. The Hall–Kier alpha value is -3.13. The number of nitrogens with two attached hydrogens (primary N) is 1. The van der Waals surface area contributed by atoms with E-state index >= 15 is 0 Å². The molecule has 1 unspecified atom stereocenters. The van der Waals surface area contributed by atoms with E-state index in [-0.39, 0.29) is 6.61 Å². The van der Waals surface area contributed by atoms with Crippen LogP contribution in [0.4, 0.5) is 23.0 Å². The second-order valence-electron chi connectivity index (χ2n) is 8.77. The zero-order valence-electron chi connectivity index (χ0n) is 19.0. The molecule has 8 nitrogen and oxygen atoms in total. The van der Waals surface area contributed by atoms with Crippen LogP contribution in [0.25, 0.3) is 11.0 Å². The standard InChI is InChI=1S/C24H33N7O/c1-3-4-8-24(2,17-32)29-20-15-21(25)28-19-14-18(16-27-23(19)20)30-10-12-31(13-11-30)22-7-5-6-9-26-22/h5-7,9,14-16,32H,3-4,8,10-13,17H2,1-2H3,(H3,25,28,29). The van der Waals surface area contributed by atoms with Crippen molar-refractivity contribution in [1.82, 2.24) is 15.0 Å². The van der Waals surface area contributed by atoms with Crippen LogP contribution in [0.3, 0.4) is 0 Å². The number of aromatic nitrogens is 3. The molecule has 1 saturated heterocycles. The summed E-state index contributed by atoms with van der Waals surface area (Å²) in [5, 5.41) is 13.5. The van der Waals surface area contributed by atoms with Gasteiger partial charge in [0.05, 0.1) is 35.2 Å². The molecule has 4 N–H and O–H groups in total. The van der Waals surface area contributed by atoms with Gasteiger partial charge in [0.25, 0.3) is 0 Å². The van der Waals surface area contributed by atoms with E-state index in [0.29, 0.717) is 5.82 Å². The molecule has 4 rings (SSSR count). The average Bonchev–Trinajstić information content (AvgIpc) is 2.83. The van der Waals surface area contributed by atoms with Crippen molar-refractivity contribution in [3.8, 4) is 0 Å². The zero-order chi connectivity index (χ0) is 22.6. The monoisotopic (exact) mass is 435 g/mol. The van der Waals surface area contributed by atoms with Crippen molar-refractivity contribution in [2.24, 2.45) is 0 Å². The molecule has 1 aliphatic rings. The molecule has 0 bridgehead atoms. The van der Waals surface area contributed by atoms with Gasteiger partial charge in [0.1, 0.15) is 17.2 Å². The van der Waals surface area contributed by atoms with Crippen LogP contribution < -0.4 is 20.9 Å². The highest BCUT2D eigenvalue weighted by Crippen LogP contribution is 2.30. The van der Waals surface area contributed by atoms with E-state index in [9.17, 15) is 5.11 Å². The van der Waals surface area contributed by atoms with Gasteiger partial charge >= 0.3 is 0 Å². The fraction of sp³-hybridized carbons (Fsp3) is 0.458. The number of unbranched alkanes of at least 4 members (excludes halogenated alkanes) is 1. The molecule has 1 aliphatic heterocycles. The quantitative estimate of drug-likeness (QED) is 0.495. The van der Waals surface area contributed by atoms with Gasteiger partial charge in [0.2, 0.25) is 0 Å². The molecular formula is C24H33N7O. The van der Waals surface area contributed by atoms with Gasteiger partial charge in [-0.05, 0) is 31.5 Å². The first-order valence-electron chi connectivity index (χ1n) is 11.4. The molecule has 3 aromatic rings. The van der Waals surface area contributed by atoms with Crippen LogP contribution in [0, 0.1) is 0 Å². The van der Waals surface area contributed by atoms with Crippen LogP contribution in [0.15, 0.2) is 42.7 Å². The van der Waals surface area contributed by atoms with Gasteiger partial charge < -0.3 is 26.0 Å². The molecule has 0 spiro atoms. The van der Waals surface area contributed by atoms with Crippen LogP contribution >= 0.6 is 0 Å². The Bertz CT molecular complexity index is 1040. The topological polar surface area (TPSA) is 103 Å². The van der Waals surface area contributed by atoms with Crippen LogP contribution in [0.5, 0.6) is 0 Å². The second kappa shape index (κ2) is 9.56. The number of hydrogen-bond acceptors (Lipinski definition) is 8. The highest BCUT2D eigenvalue weighted by Gasteiger charge is 2.24. The van der Waals surface area contributed by atoms with Crippen LogP contribution in [0.2, 0.25) is 0 Å². The molecule has 3 aromatic heterocycles. The summed E-state index contributed by atoms with van der Waals surface area (Å²) in [6.07, 6.45) is 6.71. The number of rotatable bonds is 8. The van der Waals surface area contributed by atoms with E-state index in [1.54, 1.807) is 6.07 Å². The van der Waals surface area contributed by atoms with Crippen molar-refractivity contribution >= 4 is 34.0 Å². The van der Waals surface area contributed by atoms with Crippen LogP contribution in [-0.4, -0.2) is 58.4 Å². The predicted octanol–water partition coefficient (Wildman–Crippen LogP) is 3.29. The summed E-state index contributed by atoms with van der Waals surface area (Å²) >= 11 is 0. The van der Waals surface area contributed by atoms with E-state index in [0.717, 1.165) is 73.7 Å². The number of nitrogen functional groups attached to an aromatic ring is 1. The lowest BCUT2D eigenvalue weighted by Gasteiger charge is -2.36. The molecule has 1 atom stereocenters. The zero-order valence-corrected chi connectivity index (χ0v) is 19.0. The van der Waals surface area contributed by atoms with E-state index < -0.39 is 5.54 Å². The molecule has 170 valence electrons. The van der Waals surface area contributed by atoms with Crippen molar-refractivity contribution in [3.63, 3.8) is 0 Å². The molecule has 1 fully saturated rings. The lowest BCUT2D eigenvalue weighted by molar-refractivity contribution is 0.212. The minimum atomic E-state index is -0.432. The third-order valence-electron chi connectivity index (χ3n) is 6.14. The summed E-state index contributed by atoms with van der Waals surface area (Å²) in [4.78, 5) is 18.4. The number of anilines is 4. The predicted molar refractivity (Wildman–Crippen MR) is 131 cm³/mol. The Kier molecular flexibility index (Phi) is 6.60. The van der Waals surface area contributed by atoms with Crippen molar-refractivity contribution in [2.45, 2.75) is 38.6 Å². The summed E-state index contributed by atoms with van der Waals surface area (Å²) in [5.41, 5.74) is 9.07. The Balaban J connectivity index is 1.53. The fourth-order valence-electron chi connectivity index (χ4n) is 4.20. The first-order valence-corrected chi connectivity index (χ1v) is 11.4. The SMILES string of the molecule is CCCCC(C)(CO)Nc1cc(N)nc2cc(N3CCN(c4ccccn4)CC3)cnc12. The minimum Gasteiger partial charge on any atom is -0.394 e. The smallest absolute Gasteiger partial charge is 0.128 e. The summed E-state index contributed by atoms with van der Waals surface area (Å²) in [5.74, 6) is 1.46. The number of piperazine rings is 1. The van der Waals surface area contributed by atoms with Crippen molar-refractivity contribution < 1.29 is 5.11 Å². The summed E-state index contributed by atoms with van der Waals surface area (Å²) in [6, 6.07) is 9.88. The maximum atomic E-state index is 9.99. The number of nitrogens with one attached hydrogen (secondary N) is 1. The summed E-state index contributed by atoms with van der Waals surface area (Å²) < 4.78 is 0. The van der Waals surface area contributed by atoms with Crippen molar-refractivity contribution in [2.75, 3.05) is 53.6 Å². The molecule has 4 heterocycles. The average molecular weight is 436 g/mol. The van der Waals surface area contributed by atoms with E-state index in [2.05, 4.69) is 44.1 Å². The largest absolute Gasteiger partial charge is 0.394 e. The van der Waals surface area contributed by atoms with Gasteiger partial charge in [0.15, 0.2) is 0 Å². The third-order valence-corrected chi connectivity index (χ3v) is 6.14. The van der Waals surface area contributed by atoms with Gasteiger partial charge in [-0.25, -0.2) is 9.97 Å². The van der Waals surface area contributed by atoms with Crippen LogP contribution in [0.1, 0.15) is 33.1 Å². The lowest BCUT2D eigenvalue weighted by atomic mass is 9.95. The highest BCUT2D eigenvalue weighted by atomic mass is 16.3. The molecule has 0 aliphatic carbocycles. The lowest BCUT2D eigenvalue weighted by Crippen LogP contribution is -2.46. The Morgan fingerprint density at radius 1 is 1.12 bits per heavy atom. The van der Waals surface area contributed by atoms with Crippen LogP contribution in [-0.2, 0) is 0 Å². The normalized spacial score (nSPS) is 16.2. The van der Waals surface area contributed by atoms with Gasteiger partial charge in [-0.15, -0.1) is 0 Å². The molecule has 32 heavy (non-hydrogen) atoms. The Labute approximate surface area is 189 Å². The fourth-order valence-corrected chi connectivity index (χ4v) is 4.20. The molecule has 0 saturated carbocycles. The maximum Gasteiger partial charge on any atom is 0.128 e. The van der Waals surface area contributed by atoms with Gasteiger partial charge in [-0.2, -0.15) is 0 Å². The van der Waals surface area contributed by atoms with Gasteiger partial charge in [0, 0.05) is 38.4 Å². The molecular weight excluding hydrogens is 402 g/mol. The Morgan fingerprint density at radius 3 is 2.59 bits per heavy atom. The van der Waals surface area contributed by atoms with Crippen molar-refractivity contribution in [1.29, 1.82) is 0 Å². The number of fused-ring (bicyclic) bond motifs is 1. The van der Waals surface area contributed by atoms with Gasteiger partial charge in [-0.3, -0.25) is 4.98 Å².